The molecule has 1 fully saturated rings. The molecule has 1 spiro atoms. The molecule has 0 bridgehead atoms. The quantitative estimate of drug-likeness (QED) is 0.174. The van der Waals surface area contributed by atoms with Gasteiger partial charge in [0.05, 0.1) is 16.9 Å². The number of hydrogen-bond donors (Lipinski definition) is 0. The van der Waals surface area contributed by atoms with Gasteiger partial charge in [-0.1, -0.05) is 103 Å². The monoisotopic (exact) mass is 536 g/mol. The molecule has 34 heavy (non-hydrogen) atoms. The molecule has 178 valence electrons. The molecule has 0 N–H and O–H groups in total. The van der Waals surface area contributed by atoms with Crippen molar-refractivity contribution in [1.82, 2.24) is 9.55 Å². The fraction of sp³-hybridized carbons (Fsp3) is 0.448. The maximum atomic E-state index is 14.5. The smallest absolute Gasteiger partial charge is 0.263 e. The number of aromatic nitrogens is 2. The van der Waals surface area contributed by atoms with E-state index in [0.717, 1.165) is 63.6 Å². The Hall–Kier alpha value is -1.85. The van der Waals surface area contributed by atoms with Crippen LogP contribution in [-0.4, -0.2) is 15.3 Å². The van der Waals surface area contributed by atoms with E-state index >= 15 is 0 Å². The Kier molecular flexibility index (Phi) is 7.31. The first kappa shape index (κ1) is 23.9. The highest BCUT2D eigenvalue weighted by Crippen LogP contribution is 2.49. The summed E-state index contributed by atoms with van der Waals surface area (Å²) in [6.45, 7) is 2.24. The first-order chi connectivity index (χ1) is 16.6. The second-order valence-electron chi connectivity index (χ2n) is 9.82. The Morgan fingerprint density at radius 2 is 1.85 bits per heavy atom. The van der Waals surface area contributed by atoms with Crippen LogP contribution in [0.15, 0.2) is 63.0 Å². The van der Waals surface area contributed by atoms with Crippen molar-refractivity contribution in [2.45, 2.75) is 81.7 Å². The molecule has 1 aromatic heterocycles. The van der Waals surface area contributed by atoms with Crippen LogP contribution >= 0.6 is 27.7 Å². The lowest BCUT2D eigenvalue weighted by atomic mass is 9.62. The van der Waals surface area contributed by atoms with Crippen molar-refractivity contribution in [3.05, 3.63) is 74.5 Å². The van der Waals surface area contributed by atoms with E-state index in [1.165, 1.54) is 44.1 Å². The van der Waals surface area contributed by atoms with E-state index in [0.29, 0.717) is 0 Å². The van der Waals surface area contributed by atoms with E-state index in [4.69, 9.17) is 4.98 Å². The Labute approximate surface area is 215 Å². The average molecular weight is 538 g/mol. The summed E-state index contributed by atoms with van der Waals surface area (Å²) in [5.41, 5.74) is 5.34. The van der Waals surface area contributed by atoms with E-state index < -0.39 is 0 Å². The van der Waals surface area contributed by atoms with Crippen LogP contribution in [0.1, 0.15) is 75.8 Å². The van der Waals surface area contributed by atoms with Gasteiger partial charge in [-0.25, -0.2) is 4.98 Å². The second kappa shape index (κ2) is 10.4. The molecule has 0 atom stereocenters. The fourth-order valence-corrected chi connectivity index (χ4v) is 7.21. The molecule has 1 heterocycles. The lowest BCUT2D eigenvalue weighted by molar-refractivity contribution is 0.283. The van der Waals surface area contributed by atoms with E-state index in [-0.39, 0.29) is 11.0 Å². The summed E-state index contributed by atoms with van der Waals surface area (Å²) in [6, 6.07) is 16.7. The molecule has 2 aliphatic rings. The lowest BCUT2D eigenvalue weighted by Gasteiger charge is -2.42. The Morgan fingerprint density at radius 3 is 2.65 bits per heavy atom. The minimum Gasteiger partial charge on any atom is -0.268 e. The van der Waals surface area contributed by atoms with Crippen LogP contribution < -0.4 is 5.56 Å². The van der Waals surface area contributed by atoms with E-state index in [9.17, 15) is 4.79 Å². The second-order valence-corrected chi connectivity index (χ2v) is 11.8. The Balaban J connectivity index is 1.70. The number of thioether (sulfide) groups is 1. The molecule has 5 heteroatoms. The third-order valence-electron chi connectivity index (χ3n) is 7.49. The zero-order valence-corrected chi connectivity index (χ0v) is 22.4. The van der Waals surface area contributed by atoms with Crippen LogP contribution in [0.2, 0.25) is 0 Å². The van der Waals surface area contributed by atoms with Gasteiger partial charge in [0.1, 0.15) is 0 Å². The molecule has 5 rings (SSSR count). The summed E-state index contributed by atoms with van der Waals surface area (Å²) >= 11 is 5.34. The SMILES string of the molecule is CCCCCCSc1nc2c(c(=O)n1-c1cccc(Br)c1)C1(CCCCC1)Cc1ccccc1-2. The van der Waals surface area contributed by atoms with Crippen molar-refractivity contribution in [3.8, 4) is 16.9 Å². The molecule has 0 aliphatic heterocycles. The Bertz CT molecular complexity index is 1230. The largest absolute Gasteiger partial charge is 0.268 e. The van der Waals surface area contributed by atoms with Crippen LogP contribution in [0.25, 0.3) is 16.9 Å². The van der Waals surface area contributed by atoms with Crippen molar-refractivity contribution in [1.29, 1.82) is 0 Å². The van der Waals surface area contributed by atoms with E-state index in [1.807, 2.05) is 28.8 Å². The topological polar surface area (TPSA) is 34.9 Å². The zero-order chi connectivity index (χ0) is 23.5. The third kappa shape index (κ3) is 4.54. The Morgan fingerprint density at radius 1 is 1.03 bits per heavy atom. The van der Waals surface area contributed by atoms with Crippen LogP contribution in [0.4, 0.5) is 0 Å². The number of fused-ring (bicyclic) bond motifs is 4. The highest BCUT2D eigenvalue weighted by Gasteiger charge is 2.43. The van der Waals surface area contributed by atoms with Gasteiger partial charge in [-0.05, 0) is 49.4 Å². The first-order valence-corrected chi connectivity index (χ1v) is 14.6. The highest BCUT2D eigenvalue weighted by atomic mass is 79.9. The summed E-state index contributed by atoms with van der Waals surface area (Å²) in [6.07, 6.45) is 11.6. The summed E-state index contributed by atoms with van der Waals surface area (Å²) in [5.74, 6) is 0.978. The lowest BCUT2D eigenvalue weighted by Crippen LogP contribution is -2.42. The number of halogens is 1. The molecule has 0 unspecified atom stereocenters. The summed E-state index contributed by atoms with van der Waals surface area (Å²) in [5, 5.41) is 0.820. The van der Waals surface area contributed by atoms with Crippen LogP contribution in [0.5, 0.6) is 0 Å². The van der Waals surface area contributed by atoms with Gasteiger partial charge in [0.25, 0.3) is 5.56 Å². The summed E-state index contributed by atoms with van der Waals surface area (Å²) < 4.78 is 2.88. The van der Waals surface area contributed by atoms with Gasteiger partial charge in [-0.2, -0.15) is 0 Å². The van der Waals surface area contributed by atoms with E-state index in [1.54, 1.807) is 11.8 Å². The van der Waals surface area contributed by atoms with Crippen molar-refractivity contribution < 1.29 is 0 Å². The first-order valence-electron chi connectivity index (χ1n) is 12.8. The molecule has 1 saturated carbocycles. The molecule has 2 aliphatic carbocycles. The van der Waals surface area contributed by atoms with Crippen molar-refractivity contribution >= 4 is 27.7 Å². The van der Waals surface area contributed by atoms with Crippen molar-refractivity contribution in [2.24, 2.45) is 0 Å². The van der Waals surface area contributed by atoms with Crippen LogP contribution in [0.3, 0.4) is 0 Å². The molecule has 2 aromatic carbocycles. The molecular weight excluding hydrogens is 504 g/mol. The number of rotatable bonds is 7. The van der Waals surface area contributed by atoms with Gasteiger partial charge in [0.2, 0.25) is 0 Å². The fourth-order valence-electron chi connectivity index (χ4n) is 5.82. The maximum absolute atomic E-state index is 14.5. The molecule has 3 aromatic rings. The zero-order valence-electron chi connectivity index (χ0n) is 20.0. The van der Waals surface area contributed by atoms with Gasteiger partial charge in [-0.15, -0.1) is 0 Å². The third-order valence-corrected chi connectivity index (χ3v) is 9.01. The van der Waals surface area contributed by atoms with Gasteiger partial charge >= 0.3 is 0 Å². The summed E-state index contributed by atoms with van der Waals surface area (Å²) in [4.78, 5) is 19.8. The minimum atomic E-state index is -0.0931. The predicted molar refractivity (Wildman–Crippen MR) is 146 cm³/mol. The molecular formula is C29H33BrN2OS. The predicted octanol–water partition coefficient (Wildman–Crippen LogP) is 8.09. The van der Waals surface area contributed by atoms with Crippen LogP contribution in [-0.2, 0) is 11.8 Å². The molecule has 3 nitrogen and oxygen atoms in total. The molecule has 0 saturated heterocycles. The van der Waals surface area contributed by atoms with Crippen LogP contribution in [0, 0.1) is 0 Å². The van der Waals surface area contributed by atoms with E-state index in [2.05, 4.69) is 47.1 Å². The van der Waals surface area contributed by atoms with Gasteiger partial charge in [0, 0.05) is 21.2 Å². The van der Waals surface area contributed by atoms with Gasteiger partial charge in [-0.3, -0.25) is 9.36 Å². The maximum Gasteiger partial charge on any atom is 0.263 e. The normalized spacial score (nSPS) is 16.3. The van der Waals surface area contributed by atoms with Crippen molar-refractivity contribution in [3.63, 3.8) is 0 Å². The average Bonchev–Trinajstić information content (AvgIpc) is 2.84. The molecule has 0 amide bonds. The number of benzene rings is 2. The minimum absolute atomic E-state index is 0.0931. The number of hydrogen-bond acceptors (Lipinski definition) is 3. The molecule has 0 radical (unpaired) electrons. The van der Waals surface area contributed by atoms with Gasteiger partial charge < -0.3 is 0 Å². The summed E-state index contributed by atoms with van der Waals surface area (Å²) in [7, 11) is 0. The number of unbranched alkanes of at least 4 members (excludes halogenated alkanes) is 3. The number of nitrogens with zero attached hydrogens (tertiary/aromatic N) is 2. The van der Waals surface area contributed by atoms with Gasteiger partial charge in [0.15, 0.2) is 5.16 Å². The highest BCUT2D eigenvalue weighted by molar-refractivity contribution is 9.10. The standard InChI is InChI=1S/C29H33BrN2OS/c1-2-3-4-10-18-34-28-31-26-24-15-7-6-12-21(24)20-29(16-8-5-9-17-29)25(26)27(33)32(28)23-14-11-13-22(30)19-23/h6-7,11-15,19H,2-5,8-10,16-18,20H2,1H3. The van der Waals surface area contributed by atoms with Crippen molar-refractivity contribution in [2.75, 3.05) is 5.75 Å².